The van der Waals surface area contributed by atoms with E-state index < -0.39 is 10.0 Å². The van der Waals surface area contributed by atoms with Gasteiger partial charge in [0.25, 0.3) is 15.9 Å². The van der Waals surface area contributed by atoms with E-state index in [1.807, 2.05) is 6.92 Å². The van der Waals surface area contributed by atoms with Crippen LogP contribution in [0.1, 0.15) is 30.1 Å². The van der Waals surface area contributed by atoms with E-state index in [9.17, 15) is 13.2 Å². The average Bonchev–Trinajstić information content (AvgIpc) is 3.47. The van der Waals surface area contributed by atoms with Crippen LogP contribution >= 0.6 is 23.2 Å². The third-order valence-corrected chi connectivity index (χ3v) is 6.92. The highest BCUT2D eigenvalue weighted by Gasteiger charge is 2.32. The van der Waals surface area contributed by atoms with Crippen LogP contribution in [0.2, 0.25) is 10.0 Å². The maximum atomic E-state index is 12.7. The van der Waals surface area contributed by atoms with Gasteiger partial charge in [-0.2, -0.15) is 0 Å². The van der Waals surface area contributed by atoms with Gasteiger partial charge in [0, 0.05) is 24.3 Å². The van der Waals surface area contributed by atoms with Crippen molar-refractivity contribution in [2.75, 3.05) is 11.8 Å². The molecule has 8 heteroatoms. The monoisotopic (exact) mass is 426 g/mol. The molecule has 0 aromatic heterocycles. The van der Waals surface area contributed by atoms with Crippen molar-refractivity contribution in [3.05, 3.63) is 58.1 Å². The maximum Gasteiger partial charge on any atom is 0.261 e. The Kier molecular flexibility index (Phi) is 5.70. The van der Waals surface area contributed by atoms with Gasteiger partial charge in [-0.15, -0.1) is 0 Å². The number of anilines is 1. The number of sulfonamides is 1. The van der Waals surface area contributed by atoms with Crippen LogP contribution in [-0.4, -0.2) is 32.3 Å². The predicted octanol–water partition coefficient (Wildman–Crippen LogP) is 4.66. The first-order valence-electron chi connectivity index (χ1n) is 8.54. The zero-order valence-electron chi connectivity index (χ0n) is 14.9. The van der Waals surface area contributed by atoms with Gasteiger partial charge in [0.05, 0.1) is 14.9 Å². The van der Waals surface area contributed by atoms with Crippen molar-refractivity contribution in [1.82, 2.24) is 4.90 Å². The normalized spacial score (nSPS) is 15.3. The summed E-state index contributed by atoms with van der Waals surface area (Å²) in [4.78, 5) is 14.4. The second-order valence-corrected chi connectivity index (χ2v) is 9.25. The summed E-state index contributed by atoms with van der Waals surface area (Å²) in [6, 6.07) is 10.7. The first kappa shape index (κ1) is 20.0. The summed E-state index contributed by atoms with van der Waals surface area (Å²) < 4.78 is 27.6. The average molecular weight is 427 g/mol. The van der Waals surface area contributed by atoms with Crippen LogP contribution in [0.15, 0.2) is 47.4 Å². The number of nitrogens with one attached hydrogen (secondary N) is 1. The Labute approximate surface area is 169 Å². The van der Waals surface area contributed by atoms with E-state index in [2.05, 4.69) is 4.72 Å². The van der Waals surface area contributed by atoms with Crippen molar-refractivity contribution in [2.24, 2.45) is 5.92 Å². The first-order chi connectivity index (χ1) is 12.7. The maximum absolute atomic E-state index is 12.7. The predicted molar refractivity (Wildman–Crippen MR) is 108 cm³/mol. The van der Waals surface area contributed by atoms with Crippen LogP contribution in [-0.2, 0) is 10.0 Å². The SMILES string of the molecule is CC(C1CC1)N(C)C(=O)c1cccc(NS(=O)(=O)c2ccc(Cl)c(Cl)c2)c1. The number of hydrogen-bond donors (Lipinski definition) is 1. The second kappa shape index (κ2) is 7.70. The van der Waals surface area contributed by atoms with Gasteiger partial charge in [-0.25, -0.2) is 8.42 Å². The number of halogens is 2. The number of rotatable bonds is 6. The van der Waals surface area contributed by atoms with Crippen LogP contribution in [0.25, 0.3) is 0 Å². The molecule has 1 atom stereocenters. The molecule has 5 nitrogen and oxygen atoms in total. The van der Waals surface area contributed by atoms with Gasteiger partial charge in [-0.3, -0.25) is 9.52 Å². The molecule has 1 saturated carbocycles. The molecular weight excluding hydrogens is 407 g/mol. The molecule has 1 aliphatic carbocycles. The summed E-state index contributed by atoms with van der Waals surface area (Å²) in [5.41, 5.74) is 0.735. The van der Waals surface area contributed by atoms with Crippen molar-refractivity contribution >= 4 is 44.8 Å². The Morgan fingerprint density at radius 2 is 1.85 bits per heavy atom. The summed E-state index contributed by atoms with van der Waals surface area (Å²) in [7, 11) is -2.08. The van der Waals surface area contributed by atoms with Crippen LogP contribution in [0.5, 0.6) is 0 Å². The number of hydrogen-bond acceptors (Lipinski definition) is 3. The van der Waals surface area contributed by atoms with E-state index in [-0.39, 0.29) is 26.9 Å². The molecule has 0 spiro atoms. The minimum Gasteiger partial charge on any atom is -0.339 e. The van der Waals surface area contributed by atoms with Crippen LogP contribution in [0.3, 0.4) is 0 Å². The summed E-state index contributed by atoms with van der Waals surface area (Å²) >= 11 is 11.7. The number of amides is 1. The molecule has 0 radical (unpaired) electrons. The molecule has 1 unspecified atom stereocenters. The molecular formula is C19H20Cl2N2O3S. The van der Waals surface area contributed by atoms with Crippen molar-refractivity contribution in [2.45, 2.75) is 30.7 Å². The molecule has 27 heavy (non-hydrogen) atoms. The molecule has 0 saturated heterocycles. The molecule has 1 N–H and O–H groups in total. The highest BCUT2D eigenvalue weighted by atomic mass is 35.5. The second-order valence-electron chi connectivity index (χ2n) is 6.76. The molecule has 2 aromatic carbocycles. The first-order valence-corrected chi connectivity index (χ1v) is 10.8. The minimum absolute atomic E-state index is 0.00639. The number of benzene rings is 2. The highest BCUT2D eigenvalue weighted by Crippen LogP contribution is 2.35. The Bertz CT molecular complexity index is 975. The van der Waals surface area contributed by atoms with Gasteiger partial charge in [0.15, 0.2) is 0 Å². The number of carbonyl (C=O) groups excluding carboxylic acids is 1. The zero-order valence-corrected chi connectivity index (χ0v) is 17.3. The Morgan fingerprint density at radius 1 is 1.15 bits per heavy atom. The van der Waals surface area contributed by atoms with Gasteiger partial charge in [0.2, 0.25) is 0 Å². The van der Waals surface area contributed by atoms with Crippen molar-refractivity contribution in [3.8, 4) is 0 Å². The number of carbonyl (C=O) groups is 1. The van der Waals surface area contributed by atoms with Gasteiger partial charge in [-0.05, 0) is 62.1 Å². The van der Waals surface area contributed by atoms with E-state index in [1.54, 1.807) is 30.1 Å². The van der Waals surface area contributed by atoms with Gasteiger partial charge >= 0.3 is 0 Å². The molecule has 0 bridgehead atoms. The fraction of sp³-hybridized carbons (Fsp3) is 0.316. The molecule has 2 aromatic rings. The van der Waals surface area contributed by atoms with Gasteiger partial charge < -0.3 is 4.90 Å². The molecule has 3 rings (SSSR count). The van der Waals surface area contributed by atoms with Crippen molar-refractivity contribution in [3.63, 3.8) is 0 Å². The molecule has 1 fully saturated rings. The van der Waals surface area contributed by atoms with Gasteiger partial charge in [0.1, 0.15) is 0 Å². The fourth-order valence-corrected chi connectivity index (χ4v) is 4.30. The Hall–Kier alpha value is -1.76. The lowest BCUT2D eigenvalue weighted by molar-refractivity contribution is 0.0727. The van der Waals surface area contributed by atoms with Crippen LogP contribution in [0, 0.1) is 5.92 Å². The largest absolute Gasteiger partial charge is 0.339 e. The van der Waals surface area contributed by atoms with E-state index in [0.717, 1.165) is 12.8 Å². The third-order valence-electron chi connectivity index (χ3n) is 4.80. The lowest BCUT2D eigenvalue weighted by Crippen LogP contribution is -2.36. The number of nitrogens with zero attached hydrogens (tertiary/aromatic N) is 1. The topological polar surface area (TPSA) is 66.5 Å². The standard InChI is InChI=1S/C19H20Cl2N2O3S/c1-12(13-6-7-13)23(2)19(24)14-4-3-5-15(10-14)22-27(25,26)16-8-9-17(20)18(21)11-16/h3-5,8-13,22H,6-7H2,1-2H3. The van der Waals surface area contributed by atoms with E-state index in [0.29, 0.717) is 17.2 Å². The lowest BCUT2D eigenvalue weighted by atomic mass is 10.1. The third kappa shape index (κ3) is 4.57. The van der Waals surface area contributed by atoms with Crippen molar-refractivity contribution < 1.29 is 13.2 Å². The molecule has 1 aliphatic rings. The summed E-state index contributed by atoms with van der Waals surface area (Å²) in [6.07, 6.45) is 2.28. The fourth-order valence-electron chi connectivity index (χ4n) is 2.86. The zero-order chi connectivity index (χ0) is 19.8. The summed E-state index contributed by atoms with van der Waals surface area (Å²) in [6.45, 7) is 2.03. The van der Waals surface area contributed by atoms with Gasteiger partial charge in [-0.1, -0.05) is 29.3 Å². The summed E-state index contributed by atoms with van der Waals surface area (Å²) in [5.74, 6) is 0.417. The molecule has 1 amide bonds. The quantitative estimate of drug-likeness (QED) is 0.729. The molecule has 0 aliphatic heterocycles. The van der Waals surface area contributed by atoms with Crippen LogP contribution in [0.4, 0.5) is 5.69 Å². The lowest BCUT2D eigenvalue weighted by Gasteiger charge is -2.25. The summed E-state index contributed by atoms with van der Waals surface area (Å²) in [5, 5.41) is 0.426. The molecule has 144 valence electrons. The van der Waals surface area contributed by atoms with Crippen LogP contribution < -0.4 is 4.72 Å². The molecule has 0 heterocycles. The Balaban J connectivity index is 1.80. The smallest absolute Gasteiger partial charge is 0.261 e. The van der Waals surface area contributed by atoms with Crippen molar-refractivity contribution in [1.29, 1.82) is 0 Å². The highest BCUT2D eigenvalue weighted by molar-refractivity contribution is 7.92. The Morgan fingerprint density at radius 3 is 2.48 bits per heavy atom. The van der Waals surface area contributed by atoms with E-state index >= 15 is 0 Å². The van der Waals surface area contributed by atoms with E-state index in [4.69, 9.17) is 23.2 Å². The minimum atomic E-state index is -3.85. The van der Waals surface area contributed by atoms with E-state index in [1.165, 1.54) is 24.3 Å².